The van der Waals surface area contributed by atoms with E-state index < -0.39 is 0 Å². The standard InChI is InChI=1S/C18H17N3O2S/c19-11-15-3-1-9-21(15)17(22)12-20-18(23)14-7-5-13(6-8-14)16-4-2-10-24-16/h2,4-8,10,15H,1,3,9,12H2,(H,20,23)/t15-/m0/s1. The molecule has 1 aliphatic heterocycles. The number of nitrogens with one attached hydrogen (secondary N) is 1. The molecule has 24 heavy (non-hydrogen) atoms. The Morgan fingerprint density at radius 2 is 2.08 bits per heavy atom. The molecular formula is C18H17N3O2S. The van der Waals surface area contributed by atoms with Crippen molar-refractivity contribution in [3.8, 4) is 16.5 Å². The number of amides is 2. The summed E-state index contributed by atoms with van der Waals surface area (Å²) in [6.07, 6.45) is 1.54. The van der Waals surface area contributed by atoms with Gasteiger partial charge in [0.2, 0.25) is 5.91 Å². The Bertz CT molecular complexity index is 763. The van der Waals surface area contributed by atoms with Gasteiger partial charge in [0.05, 0.1) is 12.6 Å². The molecule has 1 aliphatic rings. The number of carbonyl (C=O) groups excluding carboxylic acids is 2. The molecule has 6 heteroatoms. The van der Waals surface area contributed by atoms with Gasteiger partial charge in [0.25, 0.3) is 5.91 Å². The van der Waals surface area contributed by atoms with Crippen LogP contribution in [-0.2, 0) is 4.79 Å². The second-order valence-corrected chi connectivity index (χ2v) is 6.56. The maximum Gasteiger partial charge on any atom is 0.251 e. The molecule has 0 aliphatic carbocycles. The predicted molar refractivity (Wildman–Crippen MR) is 92.4 cm³/mol. The molecule has 1 aromatic heterocycles. The van der Waals surface area contributed by atoms with Crippen molar-refractivity contribution in [2.45, 2.75) is 18.9 Å². The zero-order valence-corrected chi connectivity index (χ0v) is 13.9. The van der Waals surface area contributed by atoms with E-state index in [2.05, 4.69) is 11.4 Å². The Kier molecular flexibility index (Phi) is 4.92. The molecule has 5 nitrogen and oxygen atoms in total. The van der Waals surface area contributed by atoms with E-state index >= 15 is 0 Å². The third-order valence-corrected chi connectivity index (χ3v) is 4.99. The SMILES string of the molecule is N#C[C@@H]1CCCN1C(=O)CNC(=O)c1ccc(-c2cccs2)cc1. The molecule has 1 aromatic carbocycles. The first-order valence-electron chi connectivity index (χ1n) is 7.80. The quantitative estimate of drug-likeness (QED) is 0.931. The zero-order chi connectivity index (χ0) is 16.9. The molecule has 1 saturated heterocycles. The Morgan fingerprint density at radius 3 is 2.75 bits per heavy atom. The third kappa shape index (κ3) is 3.47. The highest BCUT2D eigenvalue weighted by molar-refractivity contribution is 7.13. The lowest BCUT2D eigenvalue weighted by atomic mass is 10.1. The first kappa shape index (κ1) is 16.2. The molecule has 122 valence electrons. The molecule has 0 saturated carbocycles. The van der Waals surface area contributed by atoms with E-state index in [1.165, 1.54) is 0 Å². The molecular weight excluding hydrogens is 322 g/mol. The molecule has 2 aromatic rings. The molecule has 0 bridgehead atoms. The average Bonchev–Trinajstić information content (AvgIpc) is 3.30. The minimum Gasteiger partial charge on any atom is -0.343 e. The van der Waals surface area contributed by atoms with Crippen LogP contribution in [0.15, 0.2) is 41.8 Å². The van der Waals surface area contributed by atoms with Crippen LogP contribution >= 0.6 is 11.3 Å². The fraction of sp³-hybridized carbons (Fsp3) is 0.278. The smallest absolute Gasteiger partial charge is 0.251 e. The summed E-state index contributed by atoms with van der Waals surface area (Å²) in [5.41, 5.74) is 1.58. The van der Waals surface area contributed by atoms with Gasteiger partial charge in [0.15, 0.2) is 0 Å². The fourth-order valence-electron chi connectivity index (χ4n) is 2.79. The highest BCUT2D eigenvalue weighted by Gasteiger charge is 2.28. The number of carbonyl (C=O) groups is 2. The summed E-state index contributed by atoms with van der Waals surface area (Å²) in [5, 5.41) is 13.7. The number of thiophene rings is 1. The molecule has 0 radical (unpaired) electrons. The summed E-state index contributed by atoms with van der Waals surface area (Å²) in [6, 6.07) is 13.1. The van der Waals surface area contributed by atoms with Crippen molar-refractivity contribution in [1.82, 2.24) is 10.2 Å². The van der Waals surface area contributed by atoms with Crippen LogP contribution in [0.25, 0.3) is 10.4 Å². The first-order chi connectivity index (χ1) is 11.7. The fourth-order valence-corrected chi connectivity index (χ4v) is 3.52. The van der Waals surface area contributed by atoms with Crippen molar-refractivity contribution in [3.63, 3.8) is 0 Å². The van der Waals surface area contributed by atoms with Crippen LogP contribution < -0.4 is 5.32 Å². The molecule has 0 spiro atoms. The molecule has 0 unspecified atom stereocenters. The van der Waals surface area contributed by atoms with Gasteiger partial charge in [0, 0.05) is 17.0 Å². The summed E-state index contributed by atoms with van der Waals surface area (Å²) in [6.45, 7) is 0.506. The molecule has 2 heterocycles. The van der Waals surface area contributed by atoms with Crippen LogP contribution in [0, 0.1) is 11.3 Å². The number of hydrogen-bond donors (Lipinski definition) is 1. The van der Waals surface area contributed by atoms with Gasteiger partial charge in [-0.25, -0.2) is 0 Å². The van der Waals surface area contributed by atoms with Crippen molar-refractivity contribution in [1.29, 1.82) is 5.26 Å². The van der Waals surface area contributed by atoms with Gasteiger partial charge in [-0.15, -0.1) is 11.3 Å². The number of rotatable bonds is 4. The van der Waals surface area contributed by atoms with Gasteiger partial charge < -0.3 is 10.2 Å². The summed E-state index contributed by atoms with van der Waals surface area (Å²) >= 11 is 1.64. The van der Waals surface area contributed by atoms with Gasteiger partial charge >= 0.3 is 0 Å². The zero-order valence-electron chi connectivity index (χ0n) is 13.1. The van der Waals surface area contributed by atoms with Gasteiger partial charge in [-0.3, -0.25) is 9.59 Å². The lowest BCUT2D eigenvalue weighted by Gasteiger charge is -2.19. The van der Waals surface area contributed by atoms with Crippen LogP contribution in [0.3, 0.4) is 0 Å². The number of benzene rings is 1. The van der Waals surface area contributed by atoms with Gasteiger partial charge in [-0.1, -0.05) is 18.2 Å². The van der Waals surface area contributed by atoms with Crippen LogP contribution in [0.4, 0.5) is 0 Å². The minimum absolute atomic E-state index is 0.0797. The minimum atomic E-state index is -0.362. The van der Waals surface area contributed by atoms with Crippen LogP contribution in [-0.4, -0.2) is 35.8 Å². The Balaban J connectivity index is 1.57. The predicted octanol–water partition coefficient (Wildman–Crippen LogP) is 2.66. The lowest BCUT2D eigenvalue weighted by Crippen LogP contribution is -2.42. The van der Waals surface area contributed by atoms with E-state index in [0.717, 1.165) is 16.9 Å². The number of nitrogens with zero attached hydrogens (tertiary/aromatic N) is 2. The van der Waals surface area contributed by atoms with Crippen molar-refractivity contribution in [2.75, 3.05) is 13.1 Å². The van der Waals surface area contributed by atoms with Crippen molar-refractivity contribution in [3.05, 3.63) is 47.3 Å². The summed E-state index contributed by atoms with van der Waals surface area (Å²) < 4.78 is 0. The third-order valence-electron chi connectivity index (χ3n) is 4.08. The monoisotopic (exact) mass is 339 g/mol. The average molecular weight is 339 g/mol. The maximum absolute atomic E-state index is 12.2. The molecule has 1 fully saturated rings. The Morgan fingerprint density at radius 1 is 1.29 bits per heavy atom. The van der Waals surface area contributed by atoms with Crippen LogP contribution in [0.2, 0.25) is 0 Å². The molecule has 1 atom stereocenters. The molecule has 2 amide bonds. The van der Waals surface area contributed by atoms with E-state index in [1.807, 2.05) is 29.6 Å². The number of nitriles is 1. The Hall–Kier alpha value is -2.65. The highest BCUT2D eigenvalue weighted by Crippen LogP contribution is 2.24. The molecule has 3 rings (SSSR count). The van der Waals surface area contributed by atoms with Crippen LogP contribution in [0.1, 0.15) is 23.2 Å². The van der Waals surface area contributed by atoms with Gasteiger partial charge in [-0.05, 0) is 42.0 Å². The topological polar surface area (TPSA) is 73.2 Å². The van der Waals surface area contributed by atoms with E-state index in [1.54, 1.807) is 28.4 Å². The second kappa shape index (κ2) is 7.28. The Labute approximate surface area is 144 Å². The van der Waals surface area contributed by atoms with Gasteiger partial charge in [0.1, 0.15) is 6.04 Å². The van der Waals surface area contributed by atoms with E-state index in [-0.39, 0.29) is 24.4 Å². The van der Waals surface area contributed by atoms with Crippen molar-refractivity contribution < 1.29 is 9.59 Å². The number of hydrogen-bond acceptors (Lipinski definition) is 4. The van der Waals surface area contributed by atoms with E-state index in [4.69, 9.17) is 5.26 Å². The summed E-state index contributed by atoms with van der Waals surface area (Å²) in [7, 11) is 0. The highest BCUT2D eigenvalue weighted by atomic mass is 32.1. The van der Waals surface area contributed by atoms with E-state index in [0.29, 0.717) is 18.5 Å². The molecule has 1 N–H and O–H groups in total. The number of likely N-dealkylation sites (tertiary alicyclic amines) is 1. The van der Waals surface area contributed by atoms with Crippen molar-refractivity contribution in [2.24, 2.45) is 0 Å². The summed E-state index contributed by atoms with van der Waals surface area (Å²) in [5.74, 6) is -0.489. The van der Waals surface area contributed by atoms with E-state index in [9.17, 15) is 9.59 Å². The first-order valence-corrected chi connectivity index (χ1v) is 8.68. The normalized spacial score (nSPS) is 16.6. The lowest BCUT2D eigenvalue weighted by molar-refractivity contribution is -0.130. The van der Waals surface area contributed by atoms with Gasteiger partial charge in [-0.2, -0.15) is 5.26 Å². The van der Waals surface area contributed by atoms with Crippen molar-refractivity contribution >= 4 is 23.2 Å². The second-order valence-electron chi connectivity index (χ2n) is 5.61. The summed E-state index contributed by atoms with van der Waals surface area (Å²) in [4.78, 5) is 27.0. The maximum atomic E-state index is 12.2. The largest absolute Gasteiger partial charge is 0.343 e. The van der Waals surface area contributed by atoms with Crippen LogP contribution in [0.5, 0.6) is 0 Å².